The Kier molecular flexibility index (Phi) is 4.11. The molecule has 1 aliphatic carbocycles. The first kappa shape index (κ1) is 13.4. The predicted octanol–water partition coefficient (Wildman–Crippen LogP) is 2.70. The highest BCUT2D eigenvalue weighted by Gasteiger charge is 2.40. The molecule has 3 fully saturated rings. The number of nitrogens with zero attached hydrogens (tertiary/aromatic N) is 1. The molecule has 108 valence electrons. The van der Waals surface area contributed by atoms with Crippen molar-refractivity contribution in [2.24, 2.45) is 5.41 Å². The average Bonchev–Trinajstić information content (AvgIpc) is 2.57. The van der Waals surface area contributed by atoms with Gasteiger partial charge in [-0.3, -0.25) is 9.69 Å². The van der Waals surface area contributed by atoms with Crippen molar-refractivity contribution in [1.29, 1.82) is 0 Å². The minimum absolute atomic E-state index is 0.255. The molecule has 19 heavy (non-hydrogen) atoms. The molecule has 0 aromatic carbocycles. The topological polar surface area (TPSA) is 32.3 Å². The van der Waals surface area contributed by atoms with Crippen molar-refractivity contribution in [3.8, 4) is 0 Å². The van der Waals surface area contributed by atoms with E-state index >= 15 is 0 Å². The van der Waals surface area contributed by atoms with Crippen molar-refractivity contribution >= 4 is 5.91 Å². The van der Waals surface area contributed by atoms with Crippen LogP contribution in [0, 0.1) is 5.41 Å². The molecule has 2 saturated heterocycles. The van der Waals surface area contributed by atoms with Gasteiger partial charge in [0, 0.05) is 25.6 Å². The summed E-state index contributed by atoms with van der Waals surface area (Å²) < 4.78 is 0. The number of likely N-dealkylation sites (tertiary alicyclic amines) is 1. The Morgan fingerprint density at radius 1 is 1.05 bits per heavy atom. The highest BCUT2D eigenvalue weighted by molar-refractivity contribution is 5.76. The second-order valence-corrected chi connectivity index (χ2v) is 6.97. The Balaban J connectivity index is 1.59. The third-order valence-corrected chi connectivity index (χ3v) is 5.65. The molecule has 0 radical (unpaired) electrons. The normalized spacial score (nSPS) is 32.8. The van der Waals surface area contributed by atoms with Crippen molar-refractivity contribution in [1.82, 2.24) is 10.2 Å². The monoisotopic (exact) mass is 264 g/mol. The Morgan fingerprint density at radius 2 is 1.84 bits per heavy atom. The van der Waals surface area contributed by atoms with Crippen molar-refractivity contribution in [3.05, 3.63) is 0 Å². The number of hydrogen-bond donors (Lipinski definition) is 1. The van der Waals surface area contributed by atoms with Gasteiger partial charge in [0.05, 0.1) is 0 Å². The molecular formula is C16H28N2O. The van der Waals surface area contributed by atoms with Crippen molar-refractivity contribution < 1.29 is 4.79 Å². The van der Waals surface area contributed by atoms with Crippen LogP contribution < -0.4 is 5.32 Å². The van der Waals surface area contributed by atoms with E-state index in [4.69, 9.17) is 0 Å². The molecule has 3 nitrogen and oxygen atoms in total. The zero-order valence-corrected chi connectivity index (χ0v) is 12.1. The first-order valence-electron chi connectivity index (χ1n) is 8.28. The molecule has 1 saturated carbocycles. The van der Waals surface area contributed by atoms with Gasteiger partial charge >= 0.3 is 0 Å². The van der Waals surface area contributed by atoms with Gasteiger partial charge in [-0.2, -0.15) is 0 Å². The molecule has 0 aromatic heterocycles. The summed E-state index contributed by atoms with van der Waals surface area (Å²) in [6.45, 7) is 3.47. The van der Waals surface area contributed by atoms with E-state index in [1.807, 2.05) is 0 Å². The summed E-state index contributed by atoms with van der Waals surface area (Å²) in [6, 6.07) is 0.654. The fourth-order valence-electron chi connectivity index (χ4n) is 4.44. The summed E-state index contributed by atoms with van der Waals surface area (Å²) in [5.41, 5.74) is 0.639. The SMILES string of the molecule is O=C1CC[C@H](N2CCC3(CCCCCC3)C2)CCN1. The van der Waals surface area contributed by atoms with Crippen LogP contribution in [0.3, 0.4) is 0 Å². The van der Waals surface area contributed by atoms with E-state index in [-0.39, 0.29) is 5.91 Å². The highest BCUT2D eigenvalue weighted by Crippen LogP contribution is 2.43. The quantitative estimate of drug-likeness (QED) is 0.790. The third kappa shape index (κ3) is 3.13. The molecule has 1 spiro atoms. The van der Waals surface area contributed by atoms with Gasteiger partial charge in [-0.05, 0) is 44.1 Å². The zero-order valence-electron chi connectivity index (χ0n) is 12.1. The lowest BCUT2D eigenvalue weighted by atomic mass is 9.80. The fraction of sp³-hybridized carbons (Fsp3) is 0.938. The highest BCUT2D eigenvalue weighted by atomic mass is 16.1. The van der Waals surface area contributed by atoms with Gasteiger partial charge in [0.1, 0.15) is 0 Å². The first-order chi connectivity index (χ1) is 9.27. The van der Waals surface area contributed by atoms with E-state index in [1.165, 1.54) is 58.0 Å². The Hall–Kier alpha value is -0.570. The maximum absolute atomic E-state index is 11.5. The summed E-state index contributed by atoms with van der Waals surface area (Å²) in [6.07, 6.45) is 13.0. The van der Waals surface area contributed by atoms with Gasteiger partial charge in [0.25, 0.3) is 0 Å². The third-order valence-electron chi connectivity index (χ3n) is 5.65. The minimum atomic E-state index is 0.255. The van der Waals surface area contributed by atoms with Crippen LogP contribution in [-0.2, 0) is 4.79 Å². The Labute approximate surface area is 117 Å². The predicted molar refractivity (Wildman–Crippen MR) is 77.0 cm³/mol. The van der Waals surface area contributed by atoms with E-state index in [9.17, 15) is 4.79 Å². The van der Waals surface area contributed by atoms with Crippen LogP contribution in [0.2, 0.25) is 0 Å². The van der Waals surface area contributed by atoms with Crippen molar-refractivity contribution in [2.75, 3.05) is 19.6 Å². The lowest BCUT2D eigenvalue weighted by Gasteiger charge is -2.31. The summed E-state index contributed by atoms with van der Waals surface area (Å²) in [7, 11) is 0. The van der Waals surface area contributed by atoms with Gasteiger partial charge in [0.2, 0.25) is 5.91 Å². The smallest absolute Gasteiger partial charge is 0.220 e. The molecule has 0 unspecified atom stereocenters. The van der Waals surface area contributed by atoms with Crippen LogP contribution >= 0.6 is 0 Å². The summed E-state index contributed by atoms with van der Waals surface area (Å²) in [5.74, 6) is 0.255. The first-order valence-corrected chi connectivity index (χ1v) is 8.28. The van der Waals surface area contributed by atoms with Crippen molar-refractivity contribution in [2.45, 2.75) is 70.3 Å². The Bertz CT molecular complexity index is 321. The molecule has 3 heteroatoms. The second-order valence-electron chi connectivity index (χ2n) is 6.97. The number of rotatable bonds is 1. The van der Waals surface area contributed by atoms with Crippen LogP contribution in [-0.4, -0.2) is 36.5 Å². The largest absolute Gasteiger partial charge is 0.356 e. The molecular weight excluding hydrogens is 236 g/mol. The maximum Gasteiger partial charge on any atom is 0.220 e. The molecule has 0 bridgehead atoms. The number of amides is 1. The number of nitrogens with one attached hydrogen (secondary N) is 1. The zero-order chi connectivity index (χ0) is 13.1. The average molecular weight is 264 g/mol. The van der Waals surface area contributed by atoms with Crippen LogP contribution in [0.5, 0.6) is 0 Å². The molecule has 2 heterocycles. The number of carbonyl (C=O) groups is 1. The maximum atomic E-state index is 11.5. The molecule has 1 amide bonds. The standard InChI is InChI=1S/C16H28N2O/c19-15-6-5-14(7-11-17-15)18-12-10-16(13-18)8-3-1-2-4-9-16/h14H,1-13H2,(H,17,19)/t14-/m0/s1. The summed E-state index contributed by atoms with van der Waals surface area (Å²) in [5, 5.41) is 3.01. The van der Waals surface area contributed by atoms with E-state index in [1.54, 1.807) is 0 Å². The van der Waals surface area contributed by atoms with Gasteiger partial charge in [-0.1, -0.05) is 25.7 Å². The molecule has 1 atom stereocenters. The van der Waals surface area contributed by atoms with Crippen LogP contribution in [0.25, 0.3) is 0 Å². The second kappa shape index (κ2) is 5.82. The van der Waals surface area contributed by atoms with E-state index < -0.39 is 0 Å². The van der Waals surface area contributed by atoms with Gasteiger partial charge in [0.15, 0.2) is 0 Å². The van der Waals surface area contributed by atoms with Gasteiger partial charge in [-0.25, -0.2) is 0 Å². The fourth-order valence-corrected chi connectivity index (χ4v) is 4.44. The molecule has 1 N–H and O–H groups in total. The van der Waals surface area contributed by atoms with Crippen LogP contribution in [0.4, 0.5) is 0 Å². The summed E-state index contributed by atoms with van der Waals surface area (Å²) >= 11 is 0. The minimum Gasteiger partial charge on any atom is -0.356 e. The van der Waals surface area contributed by atoms with Gasteiger partial charge < -0.3 is 5.32 Å². The molecule has 2 aliphatic heterocycles. The number of hydrogen-bond acceptors (Lipinski definition) is 2. The molecule has 3 aliphatic rings. The van der Waals surface area contributed by atoms with E-state index in [0.29, 0.717) is 11.5 Å². The van der Waals surface area contributed by atoms with E-state index in [0.717, 1.165) is 25.8 Å². The lowest BCUT2D eigenvalue weighted by molar-refractivity contribution is -0.120. The molecule has 3 rings (SSSR count). The van der Waals surface area contributed by atoms with Crippen LogP contribution in [0.15, 0.2) is 0 Å². The van der Waals surface area contributed by atoms with Gasteiger partial charge in [-0.15, -0.1) is 0 Å². The molecule has 0 aromatic rings. The van der Waals surface area contributed by atoms with E-state index in [2.05, 4.69) is 10.2 Å². The number of carbonyl (C=O) groups excluding carboxylic acids is 1. The lowest BCUT2D eigenvalue weighted by Crippen LogP contribution is -2.36. The summed E-state index contributed by atoms with van der Waals surface area (Å²) in [4.78, 5) is 14.2. The van der Waals surface area contributed by atoms with Crippen molar-refractivity contribution in [3.63, 3.8) is 0 Å². The van der Waals surface area contributed by atoms with Crippen LogP contribution in [0.1, 0.15) is 64.2 Å². The Morgan fingerprint density at radius 3 is 2.63 bits per heavy atom.